The van der Waals surface area contributed by atoms with Gasteiger partial charge in [-0.3, -0.25) is 9.36 Å². The molecule has 0 aliphatic heterocycles. The number of hydrogen-bond acceptors (Lipinski definition) is 4. The molecule has 0 radical (unpaired) electrons. The van der Waals surface area contributed by atoms with Crippen LogP contribution in [0.3, 0.4) is 0 Å². The Morgan fingerprint density at radius 1 is 1.32 bits per heavy atom. The number of aliphatic hydroxyl groups excluding tert-OH is 1. The number of aryl methyl sites for hydroxylation is 2. The molecule has 0 aromatic carbocycles. The molecule has 1 unspecified atom stereocenters. The molecule has 0 saturated carbocycles. The highest BCUT2D eigenvalue weighted by Crippen LogP contribution is 2.23. The Balaban J connectivity index is 2.39. The minimum Gasteiger partial charge on any atom is -0.389 e. The third kappa shape index (κ3) is 2.68. The molecule has 2 rings (SSSR count). The SMILES string of the molecule is CCc1nn(Cc2cn(C)nn2)c(CC)c1C(C)O. The second-order valence-corrected chi connectivity index (χ2v) is 4.73. The summed E-state index contributed by atoms with van der Waals surface area (Å²) in [5.74, 6) is 0. The van der Waals surface area contributed by atoms with Crippen LogP contribution in [-0.2, 0) is 26.4 Å². The average Bonchev–Trinajstić information content (AvgIpc) is 2.93. The monoisotopic (exact) mass is 263 g/mol. The van der Waals surface area contributed by atoms with E-state index in [9.17, 15) is 5.11 Å². The molecule has 0 fully saturated rings. The molecule has 1 atom stereocenters. The first-order chi connectivity index (χ1) is 9.06. The van der Waals surface area contributed by atoms with Gasteiger partial charge < -0.3 is 5.11 Å². The fourth-order valence-corrected chi connectivity index (χ4v) is 2.43. The van der Waals surface area contributed by atoms with Gasteiger partial charge >= 0.3 is 0 Å². The Morgan fingerprint density at radius 3 is 2.53 bits per heavy atom. The molecular formula is C13H21N5O. The van der Waals surface area contributed by atoms with Gasteiger partial charge in [-0.25, -0.2) is 0 Å². The van der Waals surface area contributed by atoms with Crippen molar-refractivity contribution in [1.82, 2.24) is 24.8 Å². The van der Waals surface area contributed by atoms with Crippen molar-refractivity contribution >= 4 is 0 Å². The maximum absolute atomic E-state index is 9.95. The zero-order valence-electron chi connectivity index (χ0n) is 12.0. The molecule has 0 bridgehead atoms. The van der Waals surface area contributed by atoms with Crippen molar-refractivity contribution in [1.29, 1.82) is 0 Å². The van der Waals surface area contributed by atoms with Gasteiger partial charge in [0.1, 0.15) is 5.69 Å². The summed E-state index contributed by atoms with van der Waals surface area (Å²) in [5, 5.41) is 22.6. The summed E-state index contributed by atoms with van der Waals surface area (Å²) >= 11 is 0. The average molecular weight is 263 g/mol. The third-order valence-corrected chi connectivity index (χ3v) is 3.22. The molecule has 0 spiro atoms. The molecule has 0 saturated heterocycles. The number of aromatic nitrogens is 5. The largest absolute Gasteiger partial charge is 0.389 e. The Hall–Kier alpha value is -1.69. The van der Waals surface area contributed by atoms with Crippen molar-refractivity contribution in [2.75, 3.05) is 0 Å². The summed E-state index contributed by atoms with van der Waals surface area (Å²) in [6.07, 6.45) is 3.06. The van der Waals surface area contributed by atoms with Gasteiger partial charge in [0, 0.05) is 24.5 Å². The van der Waals surface area contributed by atoms with E-state index in [0.29, 0.717) is 6.54 Å². The van der Waals surface area contributed by atoms with E-state index in [4.69, 9.17) is 0 Å². The topological polar surface area (TPSA) is 68.8 Å². The fraction of sp³-hybridized carbons (Fsp3) is 0.615. The molecule has 2 aromatic heterocycles. The van der Waals surface area contributed by atoms with Crippen LogP contribution in [-0.4, -0.2) is 29.9 Å². The molecule has 2 heterocycles. The molecule has 0 aliphatic carbocycles. The summed E-state index contributed by atoms with van der Waals surface area (Å²) in [7, 11) is 1.85. The lowest BCUT2D eigenvalue weighted by Crippen LogP contribution is -2.07. The van der Waals surface area contributed by atoms with Crippen LogP contribution in [0.2, 0.25) is 0 Å². The lowest BCUT2D eigenvalue weighted by atomic mass is 10.0. The second kappa shape index (κ2) is 5.52. The van der Waals surface area contributed by atoms with Gasteiger partial charge in [0.15, 0.2) is 0 Å². The van der Waals surface area contributed by atoms with Crippen LogP contribution in [0.4, 0.5) is 0 Å². The Morgan fingerprint density at radius 2 is 2.05 bits per heavy atom. The van der Waals surface area contributed by atoms with E-state index >= 15 is 0 Å². The summed E-state index contributed by atoms with van der Waals surface area (Å²) in [6.45, 7) is 6.52. The first-order valence-corrected chi connectivity index (χ1v) is 6.68. The van der Waals surface area contributed by atoms with Crippen LogP contribution in [0.5, 0.6) is 0 Å². The molecule has 1 N–H and O–H groups in total. The zero-order chi connectivity index (χ0) is 14.0. The quantitative estimate of drug-likeness (QED) is 0.881. The predicted molar refractivity (Wildman–Crippen MR) is 71.7 cm³/mol. The van der Waals surface area contributed by atoms with Crippen LogP contribution in [0, 0.1) is 0 Å². The van der Waals surface area contributed by atoms with Gasteiger partial charge in [0.05, 0.1) is 18.3 Å². The Bertz CT molecular complexity index is 555. The lowest BCUT2D eigenvalue weighted by Gasteiger charge is -2.08. The minimum atomic E-state index is -0.486. The van der Waals surface area contributed by atoms with E-state index < -0.39 is 6.10 Å². The second-order valence-electron chi connectivity index (χ2n) is 4.73. The summed E-state index contributed by atoms with van der Waals surface area (Å²) < 4.78 is 3.62. The van der Waals surface area contributed by atoms with Crippen molar-refractivity contribution in [3.05, 3.63) is 28.8 Å². The maximum atomic E-state index is 9.95. The van der Waals surface area contributed by atoms with E-state index in [1.807, 2.05) is 17.9 Å². The number of rotatable bonds is 5. The third-order valence-electron chi connectivity index (χ3n) is 3.22. The maximum Gasteiger partial charge on any atom is 0.104 e. The van der Waals surface area contributed by atoms with Crippen molar-refractivity contribution in [2.24, 2.45) is 7.05 Å². The molecule has 19 heavy (non-hydrogen) atoms. The molecule has 6 heteroatoms. The number of nitrogens with zero attached hydrogens (tertiary/aromatic N) is 5. The van der Waals surface area contributed by atoms with Gasteiger partial charge in [-0.05, 0) is 19.8 Å². The smallest absolute Gasteiger partial charge is 0.104 e. The lowest BCUT2D eigenvalue weighted by molar-refractivity contribution is 0.197. The molecule has 104 valence electrons. The van der Waals surface area contributed by atoms with Crippen LogP contribution in [0.1, 0.15) is 49.5 Å². The highest BCUT2D eigenvalue weighted by Gasteiger charge is 2.19. The number of hydrogen-bond donors (Lipinski definition) is 1. The van der Waals surface area contributed by atoms with Crippen LogP contribution >= 0.6 is 0 Å². The first-order valence-electron chi connectivity index (χ1n) is 6.68. The van der Waals surface area contributed by atoms with Crippen LogP contribution < -0.4 is 0 Å². The fourth-order valence-electron chi connectivity index (χ4n) is 2.43. The molecular weight excluding hydrogens is 242 g/mol. The van der Waals surface area contributed by atoms with E-state index in [1.165, 1.54) is 0 Å². The van der Waals surface area contributed by atoms with Crippen molar-refractivity contribution < 1.29 is 5.11 Å². The zero-order valence-corrected chi connectivity index (χ0v) is 12.0. The molecule has 0 amide bonds. The van der Waals surface area contributed by atoms with Gasteiger partial charge in [0.25, 0.3) is 0 Å². The van der Waals surface area contributed by atoms with Gasteiger partial charge in [-0.1, -0.05) is 19.1 Å². The van der Waals surface area contributed by atoms with Gasteiger partial charge in [-0.2, -0.15) is 5.10 Å². The Kier molecular flexibility index (Phi) is 3.99. The highest BCUT2D eigenvalue weighted by molar-refractivity contribution is 5.29. The van der Waals surface area contributed by atoms with Crippen molar-refractivity contribution in [2.45, 2.75) is 46.3 Å². The van der Waals surface area contributed by atoms with Crippen LogP contribution in [0.15, 0.2) is 6.20 Å². The predicted octanol–water partition coefficient (Wildman–Crippen LogP) is 1.24. The van der Waals surface area contributed by atoms with E-state index in [-0.39, 0.29) is 0 Å². The molecule has 2 aromatic rings. The van der Waals surface area contributed by atoms with Crippen LogP contribution in [0.25, 0.3) is 0 Å². The highest BCUT2D eigenvalue weighted by atomic mass is 16.3. The van der Waals surface area contributed by atoms with Crippen molar-refractivity contribution in [3.63, 3.8) is 0 Å². The van der Waals surface area contributed by atoms with Gasteiger partial charge in [-0.15, -0.1) is 5.10 Å². The first kappa shape index (κ1) is 13.7. The Labute approximate surface area is 113 Å². The van der Waals surface area contributed by atoms with Crippen molar-refractivity contribution in [3.8, 4) is 0 Å². The molecule has 6 nitrogen and oxygen atoms in total. The van der Waals surface area contributed by atoms with E-state index in [1.54, 1.807) is 11.6 Å². The minimum absolute atomic E-state index is 0.486. The number of aliphatic hydroxyl groups is 1. The summed E-state index contributed by atoms with van der Waals surface area (Å²) in [6, 6.07) is 0. The standard InChI is InChI=1S/C13H21N5O/c1-5-11-13(9(3)19)12(6-2)18(15-11)8-10-7-17(4)16-14-10/h7,9,19H,5-6,8H2,1-4H3. The summed E-state index contributed by atoms with van der Waals surface area (Å²) in [4.78, 5) is 0. The van der Waals surface area contributed by atoms with E-state index in [2.05, 4.69) is 29.3 Å². The van der Waals surface area contributed by atoms with Gasteiger partial charge in [0.2, 0.25) is 0 Å². The summed E-state index contributed by atoms with van der Waals surface area (Å²) in [5.41, 5.74) is 3.89. The van der Waals surface area contributed by atoms with E-state index in [0.717, 1.165) is 35.5 Å². The normalized spacial score (nSPS) is 12.9. The molecule has 0 aliphatic rings.